The molecule has 112 valence electrons. The van der Waals surface area contributed by atoms with Gasteiger partial charge in [-0.2, -0.15) is 4.98 Å². The van der Waals surface area contributed by atoms with Crippen molar-refractivity contribution >= 4 is 17.5 Å². The molecule has 2 rings (SSSR count). The lowest BCUT2D eigenvalue weighted by Crippen LogP contribution is -2.36. The number of benzene rings is 1. The summed E-state index contributed by atoms with van der Waals surface area (Å²) < 4.78 is 5.19. The Morgan fingerprint density at radius 1 is 1.38 bits per heavy atom. The lowest BCUT2D eigenvalue weighted by atomic mass is 9.95. The quantitative estimate of drug-likeness (QED) is 0.872. The molecule has 1 aromatic carbocycles. The molecule has 0 radical (unpaired) electrons. The largest absolute Gasteiger partial charge is 0.337 e. The Morgan fingerprint density at radius 2 is 2.10 bits per heavy atom. The van der Waals surface area contributed by atoms with Gasteiger partial charge < -0.3 is 9.42 Å². The third kappa shape index (κ3) is 3.82. The van der Waals surface area contributed by atoms with E-state index in [1.807, 2.05) is 32.9 Å². The van der Waals surface area contributed by atoms with Gasteiger partial charge in [-0.15, -0.1) is 0 Å². The Morgan fingerprint density at radius 3 is 2.71 bits per heavy atom. The van der Waals surface area contributed by atoms with Gasteiger partial charge in [0.15, 0.2) is 0 Å². The zero-order valence-corrected chi connectivity index (χ0v) is 13.3. The van der Waals surface area contributed by atoms with E-state index in [1.165, 1.54) is 0 Å². The highest BCUT2D eigenvalue weighted by Crippen LogP contribution is 2.21. The Hall–Kier alpha value is -1.88. The lowest BCUT2D eigenvalue weighted by Gasteiger charge is -2.24. The molecule has 6 heteroatoms. The lowest BCUT2D eigenvalue weighted by molar-refractivity contribution is -0.138. The maximum absolute atomic E-state index is 12.1. The molecule has 5 nitrogen and oxygen atoms in total. The van der Waals surface area contributed by atoms with E-state index in [2.05, 4.69) is 10.1 Å². The van der Waals surface area contributed by atoms with Crippen LogP contribution in [0.5, 0.6) is 0 Å². The van der Waals surface area contributed by atoms with E-state index in [0.29, 0.717) is 16.7 Å². The smallest absolute Gasteiger partial charge is 0.246 e. The summed E-state index contributed by atoms with van der Waals surface area (Å²) in [4.78, 5) is 18.0. The van der Waals surface area contributed by atoms with Gasteiger partial charge in [-0.25, -0.2) is 0 Å². The number of rotatable bonds is 3. The topological polar surface area (TPSA) is 59.2 Å². The van der Waals surface area contributed by atoms with Gasteiger partial charge in [-0.05, 0) is 12.1 Å². The molecule has 0 saturated carbocycles. The van der Waals surface area contributed by atoms with Crippen LogP contribution in [-0.4, -0.2) is 28.0 Å². The van der Waals surface area contributed by atoms with Crippen molar-refractivity contribution in [1.82, 2.24) is 15.0 Å². The second-order valence-corrected chi connectivity index (χ2v) is 6.37. The predicted molar refractivity (Wildman–Crippen MR) is 80.7 cm³/mol. The molecule has 0 saturated heterocycles. The van der Waals surface area contributed by atoms with Crippen molar-refractivity contribution in [2.45, 2.75) is 27.3 Å². The van der Waals surface area contributed by atoms with E-state index < -0.39 is 5.41 Å². The average Bonchev–Trinajstić information content (AvgIpc) is 2.85. The van der Waals surface area contributed by atoms with Crippen LogP contribution in [0.1, 0.15) is 26.7 Å². The number of hydrogen-bond donors (Lipinski definition) is 0. The van der Waals surface area contributed by atoms with Crippen molar-refractivity contribution in [2.75, 3.05) is 7.05 Å². The number of carbonyl (C=O) groups excluding carboxylic acids is 1. The number of hydrogen-bond acceptors (Lipinski definition) is 4. The van der Waals surface area contributed by atoms with E-state index in [9.17, 15) is 4.79 Å². The first kappa shape index (κ1) is 15.5. The first-order valence-corrected chi connectivity index (χ1v) is 6.99. The second kappa shape index (κ2) is 5.85. The van der Waals surface area contributed by atoms with Crippen molar-refractivity contribution in [3.8, 4) is 11.4 Å². The summed E-state index contributed by atoms with van der Waals surface area (Å²) in [5, 5.41) is 4.53. The first-order chi connectivity index (χ1) is 9.77. The van der Waals surface area contributed by atoms with E-state index in [1.54, 1.807) is 24.1 Å². The van der Waals surface area contributed by atoms with Crippen LogP contribution in [0.15, 0.2) is 28.8 Å². The van der Waals surface area contributed by atoms with E-state index in [4.69, 9.17) is 16.1 Å². The molecule has 0 unspecified atom stereocenters. The van der Waals surface area contributed by atoms with Crippen molar-refractivity contribution < 1.29 is 9.32 Å². The minimum Gasteiger partial charge on any atom is -0.337 e. The average molecular weight is 308 g/mol. The zero-order chi connectivity index (χ0) is 15.6. The highest BCUT2D eigenvalue weighted by Gasteiger charge is 2.26. The summed E-state index contributed by atoms with van der Waals surface area (Å²) >= 11 is 5.94. The molecule has 0 spiro atoms. The third-order valence-corrected chi connectivity index (χ3v) is 3.15. The highest BCUT2D eigenvalue weighted by atomic mass is 35.5. The molecule has 0 bridgehead atoms. The van der Waals surface area contributed by atoms with Gasteiger partial charge in [-0.1, -0.05) is 49.7 Å². The molecule has 1 aromatic heterocycles. The monoisotopic (exact) mass is 307 g/mol. The normalized spacial score (nSPS) is 11.5. The summed E-state index contributed by atoms with van der Waals surface area (Å²) in [6, 6.07) is 7.22. The van der Waals surface area contributed by atoms with Crippen LogP contribution >= 0.6 is 11.6 Å². The van der Waals surface area contributed by atoms with Crippen molar-refractivity contribution in [1.29, 1.82) is 0 Å². The third-order valence-electron chi connectivity index (χ3n) is 2.91. The van der Waals surface area contributed by atoms with Crippen LogP contribution in [0.25, 0.3) is 11.4 Å². The maximum atomic E-state index is 12.1. The Bertz CT molecular complexity index is 646. The van der Waals surface area contributed by atoms with Crippen LogP contribution in [0.4, 0.5) is 0 Å². The number of amides is 1. The minimum absolute atomic E-state index is 0.0185. The van der Waals surface area contributed by atoms with Gasteiger partial charge in [-0.3, -0.25) is 4.79 Å². The Balaban J connectivity index is 2.12. The summed E-state index contributed by atoms with van der Waals surface area (Å²) in [6.45, 7) is 5.90. The van der Waals surface area contributed by atoms with Crippen LogP contribution in [0.2, 0.25) is 5.02 Å². The molecule has 0 aliphatic rings. The summed E-state index contributed by atoms with van der Waals surface area (Å²) in [5.41, 5.74) is 0.340. The van der Waals surface area contributed by atoms with E-state index >= 15 is 0 Å². The molecule has 0 aliphatic carbocycles. The van der Waals surface area contributed by atoms with Crippen LogP contribution in [0.3, 0.4) is 0 Å². The second-order valence-electron chi connectivity index (χ2n) is 5.93. The fourth-order valence-corrected chi connectivity index (χ4v) is 2.10. The predicted octanol–water partition coefficient (Wildman–Crippen LogP) is 3.39. The molecule has 1 amide bonds. The molecule has 2 aromatic rings. The molecule has 0 fully saturated rings. The van der Waals surface area contributed by atoms with Crippen molar-refractivity contribution in [2.24, 2.45) is 5.41 Å². The van der Waals surface area contributed by atoms with Crippen LogP contribution in [-0.2, 0) is 11.3 Å². The number of halogens is 1. The first-order valence-electron chi connectivity index (χ1n) is 6.61. The van der Waals surface area contributed by atoms with E-state index in [-0.39, 0.29) is 12.5 Å². The molecule has 0 N–H and O–H groups in total. The van der Waals surface area contributed by atoms with Gasteiger partial charge in [0.1, 0.15) is 0 Å². The van der Waals surface area contributed by atoms with Gasteiger partial charge in [0.2, 0.25) is 17.6 Å². The fraction of sp³-hybridized carbons (Fsp3) is 0.400. The summed E-state index contributed by atoms with van der Waals surface area (Å²) in [7, 11) is 1.72. The molecular formula is C15H18ClN3O2. The molecular weight excluding hydrogens is 290 g/mol. The molecule has 1 heterocycles. The van der Waals surface area contributed by atoms with Crippen molar-refractivity contribution in [3.63, 3.8) is 0 Å². The summed E-state index contributed by atoms with van der Waals surface area (Å²) in [6.07, 6.45) is 0. The number of carbonyl (C=O) groups is 1. The number of nitrogens with zero attached hydrogens (tertiary/aromatic N) is 3. The standard InChI is InChI=1S/C15H18ClN3O2/c1-15(2,3)14(20)19(4)9-12-17-13(18-21-12)10-6-5-7-11(16)8-10/h5-8H,9H2,1-4H3. The van der Waals surface area contributed by atoms with Crippen molar-refractivity contribution in [3.05, 3.63) is 35.2 Å². The fourth-order valence-electron chi connectivity index (χ4n) is 1.91. The SMILES string of the molecule is CN(Cc1nc(-c2cccc(Cl)c2)no1)C(=O)C(C)(C)C. The number of aromatic nitrogens is 2. The van der Waals surface area contributed by atoms with Gasteiger partial charge in [0.05, 0.1) is 6.54 Å². The molecule has 0 atom stereocenters. The van der Waals surface area contributed by atoms with Crippen LogP contribution in [0, 0.1) is 5.41 Å². The zero-order valence-electron chi connectivity index (χ0n) is 12.6. The van der Waals surface area contributed by atoms with Gasteiger partial charge in [0, 0.05) is 23.0 Å². The maximum Gasteiger partial charge on any atom is 0.246 e. The van der Waals surface area contributed by atoms with E-state index in [0.717, 1.165) is 5.56 Å². The van der Waals surface area contributed by atoms with Crippen LogP contribution < -0.4 is 0 Å². The van der Waals surface area contributed by atoms with Gasteiger partial charge in [0.25, 0.3) is 0 Å². The molecule has 0 aliphatic heterocycles. The molecule has 21 heavy (non-hydrogen) atoms. The Kier molecular flexibility index (Phi) is 4.32. The Labute approximate surface area is 128 Å². The summed E-state index contributed by atoms with van der Waals surface area (Å²) in [5.74, 6) is 0.874. The van der Waals surface area contributed by atoms with Gasteiger partial charge >= 0.3 is 0 Å². The highest BCUT2D eigenvalue weighted by molar-refractivity contribution is 6.30. The minimum atomic E-state index is -0.440.